The fourth-order valence-corrected chi connectivity index (χ4v) is 2.66. The predicted octanol–water partition coefficient (Wildman–Crippen LogP) is 3.63. The first-order chi connectivity index (χ1) is 11.5. The van der Waals surface area contributed by atoms with E-state index < -0.39 is 0 Å². The van der Waals surface area contributed by atoms with Gasteiger partial charge in [-0.1, -0.05) is 24.3 Å². The number of phenolic OH excluding ortho intramolecular Hbond substituents is 2. The molecule has 0 bridgehead atoms. The number of phenols is 2. The highest BCUT2D eigenvalue weighted by atomic mass is 16.5. The van der Waals surface area contributed by atoms with Crippen molar-refractivity contribution in [2.45, 2.75) is 26.2 Å². The van der Waals surface area contributed by atoms with Crippen molar-refractivity contribution < 1.29 is 24.5 Å². The van der Waals surface area contributed by atoms with E-state index in [0.29, 0.717) is 30.4 Å². The number of hydrogen-bond acceptors (Lipinski definition) is 5. The number of methoxy groups -OCH3 is 2. The van der Waals surface area contributed by atoms with Gasteiger partial charge in [0.2, 0.25) is 0 Å². The average Bonchev–Trinajstić information content (AvgIpc) is 2.58. The third-order valence-electron chi connectivity index (χ3n) is 4.02. The number of ether oxygens (including phenoxy) is 2. The van der Waals surface area contributed by atoms with Gasteiger partial charge in [0.05, 0.1) is 14.2 Å². The van der Waals surface area contributed by atoms with E-state index in [2.05, 4.69) is 0 Å². The predicted molar refractivity (Wildman–Crippen MR) is 91.3 cm³/mol. The fraction of sp³-hybridized carbons (Fsp3) is 0.316. The molecule has 0 radical (unpaired) electrons. The van der Waals surface area contributed by atoms with E-state index in [1.165, 1.54) is 20.3 Å². The first kappa shape index (κ1) is 17.7. The minimum Gasteiger partial charge on any atom is -0.504 e. The van der Waals surface area contributed by atoms with Gasteiger partial charge in [-0.05, 0) is 25.3 Å². The first-order valence-electron chi connectivity index (χ1n) is 7.74. The second-order valence-electron chi connectivity index (χ2n) is 5.55. The van der Waals surface area contributed by atoms with Crippen molar-refractivity contribution >= 4 is 5.78 Å². The van der Waals surface area contributed by atoms with E-state index >= 15 is 0 Å². The van der Waals surface area contributed by atoms with Crippen LogP contribution in [0.2, 0.25) is 0 Å². The lowest BCUT2D eigenvalue weighted by Crippen LogP contribution is -2.03. The molecule has 2 aromatic rings. The molecule has 24 heavy (non-hydrogen) atoms. The molecule has 0 spiro atoms. The summed E-state index contributed by atoms with van der Waals surface area (Å²) in [6.07, 6.45) is 1.15. The summed E-state index contributed by atoms with van der Waals surface area (Å²) in [5.74, 6) is 0.245. The highest BCUT2D eigenvalue weighted by molar-refractivity contribution is 5.97. The normalized spacial score (nSPS) is 10.5. The molecule has 5 nitrogen and oxygen atoms in total. The summed E-state index contributed by atoms with van der Waals surface area (Å²) in [6, 6.07) is 8.86. The number of hydrogen-bond donors (Lipinski definition) is 2. The zero-order chi connectivity index (χ0) is 17.7. The molecular weight excluding hydrogens is 308 g/mol. The number of benzene rings is 2. The average molecular weight is 330 g/mol. The van der Waals surface area contributed by atoms with Crippen LogP contribution < -0.4 is 9.47 Å². The third kappa shape index (κ3) is 3.62. The monoisotopic (exact) mass is 330 g/mol. The van der Waals surface area contributed by atoms with Gasteiger partial charge in [0, 0.05) is 23.6 Å². The Balaban J connectivity index is 2.12. The van der Waals surface area contributed by atoms with Gasteiger partial charge in [-0.15, -0.1) is 0 Å². The number of aryl methyl sites for hydroxylation is 1. The molecule has 2 N–H and O–H groups in total. The molecule has 2 aromatic carbocycles. The van der Waals surface area contributed by atoms with Crippen molar-refractivity contribution in [3.05, 3.63) is 47.0 Å². The second kappa shape index (κ2) is 7.73. The molecule has 0 aliphatic heterocycles. The minimum atomic E-state index is -0.126. The second-order valence-corrected chi connectivity index (χ2v) is 5.55. The van der Waals surface area contributed by atoms with Crippen molar-refractivity contribution in [1.29, 1.82) is 0 Å². The Labute approximate surface area is 141 Å². The summed E-state index contributed by atoms with van der Waals surface area (Å²) in [5, 5.41) is 20.4. The summed E-state index contributed by atoms with van der Waals surface area (Å²) in [6.45, 7) is 1.90. The molecule has 0 unspecified atom stereocenters. The number of Topliss-reactive ketones (excluding diaryl/α,β-unsaturated/α-hetero) is 1. The van der Waals surface area contributed by atoms with Crippen molar-refractivity contribution in [2.75, 3.05) is 14.2 Å². The topological polar surface area (TPSA) is 76.0 Å². The van der Waals surface area contributed by atoms with E-state index in [-0.39, 0.29) is 28.8 Å². The highest BCUT2D eigenvalue weighted by Gasteiger charge is 2.19. The van der Waals surface area contributed by atoms with Gasteiger partial charge < -0.3 is 19.7 Å². The van der Waals surface area contributed by atoms with Crippen LogP contribution in [0.25, 0.3) is 0 Å². The van der Waals surface area contributed by atoms with E-state index in [1.807, 2.05) is 25.1 Å². The van der Waals surface area contributed by atoms with Crippen LogP contribution in [0.5, 0.6) is 23.0 Å². The molecular formula is C19H22O5. The van der Waals surface area contributed by atoms with Crippen LogP contribution in [-0.4, -0.2) is 30.2 Å². The number of ketones is 1. The van der Waals surface area contributed by atoms with Crippen LogP contribution in [0.4, 0.5) is 0 Å². The minimum absolute atomic E-state index is 0.0435. The van der Waals surface area contributed by atoms with Crippen molar-refractivity contribution in [2.24, 2.45) is 0 Å². The van der Waals surface area contributed by atoms with Crippen molar-refractivity contribution in [1.82, 2.24) is 0 Å². The Morgan fingerprint density at radius 3 is 2.17 bits per heavy atom. The Morgan fingerprint density at radius 2 is 1.62 bits per heavy atom. The third-order valence-corrected chi connectivity index (χ3v) is 4.02. The van der Waals surface area contributed by atoms with Gasteiger partial charge in [0.1, 0.15) is 0 Å². The summed E-state index contributed by atoms with van der Waals surface area (Å²) in [7, 11) is 2.86. The molecule has 0 aliphatic rings. The van der Waals surface area contributed by atoms with Crippen LogP contribution in [0.15, 0.2) is 30.3 Å². The maximum absolute atomic E-state index is 12.3. The Hall–Kier alpha value is -2.69. The molecule has 128 valence electrons. The molecule has 0 atom stereocenters. The van der Waals surface area contributed by atoms with E-state index in [0.717, 1.165) is 5.56 Å². The van der Waals surface area contributed by atoms with Gasteiger partial charge in [-0.25, -0.2) is 0 Å². The van der Waals surface area contributed by atoms with Crippen LogP contribution in [0.3, 0.4) is 0 Å². The van der Waals surface area contributed by atoms with Gasteiger partial charge >= 0.3 is 0 Å². The standard InChI is InChI=1S/C19H22O5/c1-12-7-4-5-8-13(12)15(20)10-6-9-14-18(21)16(23-2)11-17(24-3)19(14)22/h4-5,7-8,11,21-22H,6,9-10H2,1-3H3. The largest absolute Gasteiger partial charge is 0.504 e. The molecule has 0 saturated carbocycles. The molecule has 0 fully saturated rings. The lowest BCUT2D eigenvalue weighted by Gasteiger charge is -2.14. The fourth-order valence-electron chi connectivity index (χ4n) is 2.66. The lowest BCUT2D eigenvalue weighted by atomic mass is 9.98. The molecule has 0 amide bonds. The summed E-state index contributed by atoms with van der Waals surface area (Å²) in [5.41, 5.74) is 1.97. The van der Waals surface area contributed by atoms with Gasteiger partial charge in [-0.2, -0.15) is 0 Å². The SMILES string of the molecule is COc1cc(OC)c(O)c(CCCC(=O)c2ccccc2C)c1O. The Bertz CT molecular complexity index is 709. The van der Waals surface area contributed by atoms with Crippen molar-refractivity contribution in [3.63, 3.8) is 0 Å². The molecule has 0 saturated heterocycles. The van der Waals surface area contributed by atoms with E-state index in [1.54, 1.807) is 6.07 Å². The Kier molecular flexibility index (Phi) is 5.68. The van der Waals surface area contributed by atoms with Crippen LogP contribution >= 0.6 is 0 Å². The number of carbonyl (C=O) groups is 1. The van der Waals surface area contributed by atoms with E-state index in [9.17, 15) is 15.0 Å². The van der Waals surface area contributed by atoms with Crippen LogP contribution in [0, 0.1) is 6.92 Å². The van der Waals surface area contributed by atoms with Crippen LogP contribution in [0.1, 0.15) is 34.3 Å². The molecule has 0 aromatic heterocycles. The zero-order valence-corrected chi connectivity index (χ0v) is 14.1. The molecule has 2 rings (SSSR count). The highest BCUT2D eigenvalue weighted by Crippen LogP contribution is 2.43. The smallest absolute Gasteiger partial charge is 0.164 e. The Morgan fingerprint density at radius 1 is 1.04 bits per heavy atom. The summed E-state index contributed by atoms with van der Waals surface area (Å²) in [4.78, 5) is 12.3. The molecule has 0 aliphatic carbocycles. The summed E-state index contributed by atoms with van der Waals surface area (Å²) >= 11 is 0. The number of aromatic hydroxyl groups is 2. The van der Waals surface area contributed by atoms with Gasteiger partial charge in [-0.3, -0.25) is 4.79 Å². The lowest BCUT2D eigenvalue weighted by molar-refractivity contribution is 0.0979. The molecule has 5 heteroatoms. The van der Waals surface area contributed by atoms with Crippen LogP contribution in [-0.2, 0) is 6.42 Å². The van der Waals surface area contributed by atoms with E-state index in [4.69, 9.17) is 9.47 Å². The molecule has 0 heterocycles. The maximum atomic E-state index is 12.3. The maximum Gasteiger partial charge on any atom is 0.164 e. The summed E-state index contributed by atoms with van der Waals surface area (Å²) < 4.78 is 10.2. The van der Waals surface area contributed by atoms with Gasteiger partial charge in [0.25, 0.3) is 0 Å². The number of rotatable bonds is 7. The van der Waals surface area contributed by atoms with Gasteiger partial charge in [0.15, 0.2) is 28.8 Å². The first-order valence-corrected chi connectivity index (χ1v) is 7.74. The van der Waals surface area contributed by atoms with Crippen molar-refractivity contribution in [3.8, 4) is 23.0 Å². The number of carbonyl (C=O) groups excluding carboxylic acids is 1. The quantitative estimate of drug-likeness (QED) is 0.758. The zero-order valence-electron chi connectivity index (χ0n) is 14.1.